The maximum Gasteiger partial charge on any atom is 0.325 e. The van der Waals surface area contributed by atoms with Gasteiger partial charge in [0, 0.05) is 6.20 Å². The Labute approximate surface area is 264 Å². The van der Waals surface area contributed by atoms with Crippen molar-refractivity contribution in [3.05, 3.63) is 28.9 Å². The zero-order chi connectivity index (χ0) is 31.8. The highest BCUT2D eigenvalue weighted by molar-refractivity contribution is 8.07. The van der Waals surface area contributed by atoms with Gasteiger partial charge in [-0.2, -0.15) is 4.98 Å². The van der Waals surface area contributed by atoms with Crippen molar-refractivity contribution < 1.29 is 41.4 Å². The van der Waals surface area contributed by atoms with Crippen LogP contribution in [0.1, 0.15) is 11.6 Å². The van der Waals surface area contributed by atoms with Crippen molar-refractivity contribution in [3.63, 3.8) is 0 Å². The number of thioether (sulfide) groups is 1. The minimum Gasteiger partial charge on any atom is -0.383 e. The predicted octanol–water partition coefficient (Wildman–Crippen LogP) is 0.562. The summed E-state index contributed by atoms with van der Waals surface area (Å²) < 4.78 is 62.6. The quantitative estimate of drug-likeness (QED) is 0.177. The number of rotatable bonds is 2. The molecule has 2 unspecified atom stereocenters. The average molecular weight is 727 g/mol. The summed E-state index contributed by atoms with van der Waals surface area (Å²) in [6, 6.07) is 1.57. The molecule has 45 heavy (non-hydrogen) atoms. The van der Waals surface area contributed by atoms with Crippen molar-refractivity contribution in [1.29, 1.82) is 0 Å². The highest BCUT2D eigenvalue weighted by Crippen LogP contribution is 2.57. The molecule has 18 nitrogen and oxygen atoms in total. The Morgan fingerprint density at radius 2 is 1.80 bits per heavy atom. The Kier molecular flexibility index (Phi) is 7.98. The molecular formula is C20H22F2N10O8P2S3. The van der Waals surface area contributed by atoms with Crippen molar-refractivity contribution in [2.24, 2.45) is 0 Å². The number of anilines is 2. The van der Waals surface area contributed by atoms with E-state index in [1.165, 1.54) is 17.1 Å². The number of alkyl halides is 2. The summed E-state index contributed by atoms with van der Waals surface area (Å²) in [7, 11) is 0. The molecule has 4 aromatic rings. The molecule has 3 saturated heterocycles. The fraction of sp³-hybridized carbons (Fsp3) is 0.500. The van der Waals surface area contributed by atoms with Crippen LogP contribution in [0.15, 0.2) is 23.4 Å². The molecule has 7 heterocycles. The van der Waals surface area contributed by atoms with Crippen LogP contribution in [0.3, 0.4) is 0 Å². The fourth-order valence-electron chi connectivity index (χ4n) is 5.24. The average Bonchev–Trinajstić information content (AvgIpc) is 3.72. The molecule has 3 aliphatic heterocycles. The molecule has 4 aromatic heterocycles. The van der Waals surface area contributed by atoms with Gasteiger partial charge in [-0.1, -0.05) is 5.21 Å². The molecule has 3 fully saturated rings. The summed E-state index contributed by atoms with van der Waals surface area (Å²) in [5, 5.41) is 5.93. The minimum atomic E-state index is -4.30. The van der Waals surface area contributed by atoms with E-state index in [1.54, 1.807) is 6.07 Å². The van der Waals surface area contributed by atoms with Crippen LogP contribution in [-0.2, 0) is 46.4 Å². The molecule has 242 valence electrons. The van der Waals surface area contributed by atoms with Crippen LogP contribution in [-0.4, -0.2) is 98.4 Å². The van der Waals surface area contributed by atoms with Gasteiger partial charge in [0.1, 0.15) is 47.6 Å². The van der Waals surface area contributed by atoms with Gasteiger partial charge in [0.25, 0.3) is 5.56 Å². The highest BCUT2D eigenvalue weighted by Gasteiger charge is 2.53. The Bertz CT molecular complexity index is 1950. The molecule has 25 heteroatoms. The summed E-state index contributed by atoms with van der Waals surface area (Å²) in [6.07, 6.45) is -7.02. The zero-order valence-corrected chi connectivity index (χ0v) is 26.5. The van der Waals surface area contributed by atoms with E-state index in [0.717, 1.165) is 16.4 Å². The first-order valence-corrected chi connectivity index (χ1v) is 19.0. The number of aromatic amines is 1. The number of nitrogen functional groups attached to an aromatic ring is 2. The standard InChI is InChI=1S/C20H22F2N10O8P2S3/c21-9-8-4-37-42(35,44)39-12-7(38-18(10(12)22)31-2-1-6-14(23)25-5-26-15(6)31)3-36-41(34,43)40-13(9)19(45-8)32-16-11(29-30-32)17(33)28-20(24)27-16/h1-2,5,7-10,12-13,18-19H,3-4H2,(H,34,43)(H,35,44)(H2,23,25,26)(H3,24,27,28,33)/t7-,8-,9-,10+,12-,13-,18-,19-,41?,42?/m1/s1. The lowest BCUT2D eigenvalue weighted by Gasteiger charge is -2.27. The third-order valence-electron chi connectivity index (χ3n) is 7.25. The lowest BCUT2D eigenvalue weighted by Crippen LogP contribution is -2.34. The Hall–Kier alpha value is -2.27. The van der Waals surface area contributed by atoms with E-state index in [0.29, 0.717) is 5.39 Å². The molecule has 0 aromatic carbocycles. The lowest BCUT2D eigenvalue weighted by molar-refractivity contribution is -0.0439. The van der Waals surface area contributed by atoms with Gasteiger partial charge in [0.15, 0.2) is 23.6 Å². The van der Waals surface area contributed by atoms with Gasteiger partial charge < -0.3 is 39.6 Å². The predicted molar refractivity (Wildman–Crippen MR) is 161 cm³/mol. The number of nitrogens with two attached hydrogens (primary N) is 2. The summed E-state index contributed by atoms with van der Waals surface area (Å²) in [5.74, 6) is -0.0860. The number of nitrogens with one attached hydrogen (secondary N) is 1. The van der Waals surface area contributed by atoms with Gasteiger partial charge in [-0.3, -0.25) is 18.8 Å². The van der Waals surface area contributed by atoms with Crippen LogP contribution in [0.2, 0.25) is 0 Å². The second kappa shape index (κ2) is 11.5. The van der Waals surface area contributed by atoms with E-state index in [-0.39, 0.29) is 28.6 Å². The van der Waals surface area contributed by atoms with E-state index in [2.05, 4.69) is 30.2 Å². The zero-order valence-electron chi connectivity index (χ0n) is 22.3. The number of aromatic nitrogens is 8. The van der Waals surface area contributed by atoms with Crippen molar-refractivity contribution >= 4 is 82.8 Å². The van der Waals surface area contributed by atoms with Crippen molar-refractivity contribution in [1.82, 2.24) is 39.5 Å². The molecule has 0 saturated carbocycles. The SMILES string of the molecule is Nc1nc2c(nnn2[C@@H]2S[C@@H]3COP(O)(=S)O[C@H]4[C@H](F)[C@H](n5ccc6c(N)ncnc65)O[C@@H]4COP(O)(=S)O[C@@H]2[C@@H]3F)c(=O)[nH]1. The molecule has 0 amide bonds. The third kappa shape index (κ3) is 5.68. The monoisotopic (exact) mass is 726 g/mol. The van der Waals surface area contributed by atoms with E-state index >= 15 is 8.78 Å². The lowest BCUT2D eigenvalue weighted by atomic mass is 10.1. The maximum absolute atomic E-state index is 16.0. The number of hydrogen-bond acceptors (Lipinski definition) is 16. The summed E-state index contributed by atoms with van der Waals surface area (Å²) in [6.45, 7) is -9.70. The van der Waals surface area contributed by atoms with Gasteiger partial charge in [-0.15, -0.1) is 16.9 Å². The van der Waals surface area contributed by atoms with E-state index < -0.39 is 79.7 Å². The Balaban J connectivity index is 1.21. The molecule has 3 aliphatic rings. The topological polar surface area (TPSA) is 246 Å². The Morgan fingerprint density at radius 1 is 1.07 bits per heavy atom. The van der Waals surface area contributed by atoms with Gasteiger partial charge in [-0.25, -0.2) is 23.4 Å². The number of halogens is 2. The first-order chi connectivity index (χ1) is 21.3. The smallest absolute Gasteiger partial charge is 0.325 e. The van der Waals surface area contributed by atoms with E-state index in [4.69, 9.17) is 57.9 Å². The first kappa shape index (κ1) is 31.3. The fourth-order valence-corrected chi connectivity index (χ4v) is 9.72. The van der Waals surface area contributed by atoms with Crippen LogP contribution < -0.4 is 17.0 Å². The van der Waals surface area contributed by atoms with Crippen molar-refractivity contribution in [2.45, 2.75) is 47.5 Å². The molecule has 2 bridgehead atoms. The van der Waals surface area contributed by atoms with Gasteiger partial charge in [0.2, 0.25) is 5.95 Å². The largest absolute Gasteiger partial charge is 0.383 e. The second-order valence-electron chi connectivity index (χ2n) is 10.1. The van der Waals surface area contributed by atoms with Gasteiger partial charge >= 0.3 is 13.4 Å². The molecular weight excluding hydrogens is 704 g/mol. The molecule has 7 N–H and O–H groups in total. The van der Waals surface area contributed by atoms with Crippen LogP contribution >= 0.6 is 25.2 Å². The molecule has 0 spiro atoms. The van der Waals surface area contributed by atoms with Crippen LogP contribution in [0, 0.1) is 0 Å². The molecule has 0 radical (unpaired) electrons. The van der Waals surface area contributed by atoms with E-state index in [1.807, 2.05) is 0 Å². The van der Waals surface area contributed by atoms with Crippen molar-refractivity contribution in [2.75, 3.05) is 24.7 Å². The molecule has 0 aliphatic carbocycles. The highest BCUT2D eigenvalue weighted by atomic mass is 32.5. The Morgan fingerprint density at radius 3 is 2.58 bits per heavy atom. The maximum atomic E-state index is 16.0. The summed E-state index contributed by atoms with van der Waals surface area (Å²) >= 11 is 11.3. The second-order valence-corrected chi connectivity index (χ2v) is 17.0. The normalized spacial score (nSPS) is 37.7. The van der Waals surface area contributed by atoms with Crippen LogP contribution in [0.25, 0.3) is 22.2 Å². The summed E-state index contributed by atoms with van der Waals surface area (Å²) in [5.41, 5.74) is 10.9. The molecule has 7 rings (SSSR count). The number of fused-ring (bicyclic) bond motifs is 5. The number of ether oxygens (including phenoxy) is 1. The first-order valence-electron chi connectivity index (χ1n) is 12.9. The number of hydrogen-bond donors (Lipinski definition) is 5. The van der Waals surface area contributed by atoms with Crippen LogP contribution in [0.4, 0.5) is 20.5 Å². The molecule has 10 atom stereocenters. The number of nitrogens with zero attached hydrogens (tertiary/aromatic N) is 7. The van der Waals surface area contributed by atoms with Crippen LogP contribution in [0.5, 0.6) is 0 Å². The van der Waals surface area contributed by atoms with Crippen molar-refractivity contribution in [3.8, 4) is 0 Å². The van der Waals surface area contributed by atoms with E-state index in [9.17, 15) is 14.6 Å². The minimum absolute atomic E-state index is 0.0909. The van der Waals surface area contributed by atoms with Gasteiger partial charge in [-0.05, 0) is 29.7 Å². The van der Waals surface area contributed by atoms with Gasteiger partial charge in [0.05, 0.1) is 23.8 Å². The third-order valence-corrected chi connectivity index (χ3v) is 11.9. The summed E-state index contributed by atoms with van der Waals surface area (Å²) in [4.78, 5) is 48.7. The number of H-pyrrole nitrogens is 1.